The lowest BCUT2D eigenvalue weighted by Crippen LogP contribution is -2.33. The van der Waals surface area contributed by atoms with Gasteiger partial charge >= 0.3 is 7.12 Å². The minimum absolute atomic E-state index is 0.0128. The van der Waals surface area contributed by atoms with Gasteiger partial charge in [-0.05, 0) is 40.3 Å². The molecule has 0 heterocycles. The summed E-state index contributed by atoms with van der Waals surface area (Å²) < 4.78 is 20.0. The van der Waals surface area contributed by atoms with E-state index in [-0.39, 0.29) is 17.8 Å². The normalized spacial score (nSPS) is 10.3. The van der Waals surface area contributed by atoms with Crippen LogP contribution < -0.4 is 10.2 Å². The third kappa shape index (κ3) is 3.68. The van der Waals surface area contributed by atoms with Gasteiger partial charge in [0.2, 0.25) is 0 Å². The number of benzene rings is 2. The fourth-order valence-electron chi connectivity index (χ4n) is 1.61. The second-order valence-corrected chi connectivity index (χ2v) is 5.20. The van der Waals surface area contributed by atoms with E-state index < -0.39 is 12.9 Å². The molecular formula is C13H11BFIO3. The van der Waals surface area contributed by atoms with Gasteiger partial charge in [-0.15, -0.1) is 0 Å². The molecule has 0 spiro atoms. The molecule has 3 nitrogen and oxygen atoms in total. The first-order valence-corrected chi connectivity index (χ1v) is 6.67. The Labute approximate surface area is 124 Å². The van der Waals surface area contributed by atoms with Crippen molar-refractivity contribution in [2.24, 2.45) is 0 Å². The van der Waals surface area contributed by atoms with Crippen molar-refractivity contribution in [3.63, 3.8) is 0 Å². The summed E-state index contributed by atoms with van der Waals surface area (Å²) in [6, 6.07) is 12.2. The van der Waals surface area contributed by atoms with Gasteiger partial charge in [0.15, 0.2) is 11.6 Å². The highest BCUT2D eigenvalue weighted by Crippen LogP contribution is 2.20. The van der Waals surface area contributed by atoms with Gasteiger partial charge in [0.25, 0.3) is 0 Å². The van der Waals surface area contributed by atoms with Crippen LogP contribution in [-0.2, 0) is 6.61 Å². The molecule has 0 aromatic heterocycles. The molecule has 6 heteroatoms. The van der Waals surface area contributed by atoms with Gasteiger partial charge in [0, 0.05) is 9.03 Å². The quantitative estimate of drug-likeness (QED) is 0.635. The van der Waals surface area contributed by atoms with Crippen molar-refractivity contribution in [1.82, 2.24) is 0 Å². The molecule has 2 rings (SSSR count). The lowest BCUT2D eigenvalue weighted by molar-refractivity contribution is 0.290. The third-order valence-corrected chi connectivity index (χ3v) is 3.17. The summed E-state index contributed by atoms with van der Waals surface area (Å²) in [5.74, 6) is -0.731. The number of hydrogen-bond donors (Lipinski definition) is 2. The minimum atomic E-state index is -1.85. The van der Waals surface area contributed by atoms with Crippen LogP contribution in [0.2, 0.25) is 0 Å². The van der Waals surface area contributed by atoms with E-state index in [1.54, 1.807) is 0 Å². The van der Waals surface area contributed by atoms with E-state index in [2.05, 4.69) is 0 Å². The zero-order valence-electron chi connectivity index (χ0n) is 9.88. The Morgan fingerprint density at radius 3 is 2.47 bits per heavy atom. The van der Waals surface area contributed by atoms with Gasteiger partial charge in [0.05, 0.1) is 0 Å². The molecule has 0 bridgehead atoms. The van der Waals surface area contributed by atoms with Crippen molar-refractivity contribution >= 4 is 35.2 Å². The van der Waals surface area contributed by atoms with Crippen LogP contribution in [-0.4, -0.2) is 17.2 Å². The second kappa shape index (κ2) is 6.36. The first kappa shape index (κ1) is 14.3. The van der Waals surface area contributed by atoms with E-state index in [0.29, 0.717) is 3.57 Å². The lowest BCUT2D eigenvalue weighted by atomic mass is 9.80. The molecule has 2 aromatic carbocycles. The van der Waals surface area contributed by atoms with Crippen LogP contribution in [0.1, 0.15) is 5.56 Å². The molecule has 98 valence electrons. The van der Waals surface area contributed by atoms with Crippen molar-refractivity contribution in [3.05, 3.63) is 57.4 Å². The van der Waals surface area contributed by atoms with Crippen molar-refractivity contribution in [3.8, 4) is 5.75 Å². The van der Waals surface area contributed by atoms with Crippen molar-refractivity contribution < 1.29 is 19.2 Å². The molecule has 0 saturated heterocycles. The highest BCUT2D eigenvalue weighted by molar-refractivity contribution is 14.1. The molecule has 0 saturated carbocycles. The van der Waals surface area contributed by atoms with E-state index in [4.69, 9.17) is 14.8 Å². The summed E-state index contributed by atoms with van der Waals surface area (Å²) in [7, 11) is -1.85. The first-order valence-electron chi connectivity index (χ1n) is 5.59. The Bertz CT molecular complexity index is 563. The summed E-state index contributed by atoms with van der Waals surface area (Å²) in [6.45, 7) is 0.221. The Hall–Kier alpha value is -1.12. The lowest BCUT2D eigenvalue weighted by Gasteiger charge is -2.11. The smallest absolute Gasteiger partial charge is 0.486 e. The highest BCUT2D eigenvalue weighted by Gasteiger charge is 2.21. The fraction of sp³-hybridized carbons (Fsp3) is 0.0769. The molecule has 2 N–H and O–H groups in total. The van der Waals surface area contributed by atoms with Crippen LogP contribution in [0.25, 0.3) is 0 Å². The number of rotatable bonds is 4. The average molecular weight is 372 g/mol. The SMILES string of the molecule is OB(O)c1cc(I)cc(OCc2ccccc2)c1F. The van der Waals surface area contributed by atoms with Crippen LogP contribution in [0.3, 0.4) is 0 Å². The van der Waals surface area contributed by atoms with Crippen molar-refractivity contribution in [2.75, 3.05) is 0 Å². The summed E-state index contributed by atoms with van der Waals surface area (Å²) >= 11 is 1.97. The zero-order valence-corrected chi connectivity index (χ0v) is 12.0. The van der Waals surface area contributed by atoms with Crippen LogP contribution in [0.5, 0.6) is 5.75 Å². The number of hydrogen-bond acceptors (Lipinski definition) is 3. The van der Waals surface area contributed by atoms with Gasteiger partial charge < -0.3 is 14.8 Å². The molecule has 0 unspecified atom stereocenters. The fourth-order valence-corrected chi connectivity index (χ4v) is 2.23. The largest absolute Gasteiger partial charge is 0.491 e. The van der Waals surface area contributed by atoms with Crippen molar-refractivity contribution in [1.29, 1.82) is 0 Å². The zero-order chi connectivity index (χ0) is 13.8. The summed E-state index contributed by atoms with van der Waals surface area (Å²) in [6.07, 6.45) is 0. The Balaban J connectivity index is 2.21. The number of halogens is 2. The van der Waals surface area contributed by atoms with Crippen molar-refractivity contribution in [2.45, 2.75) is 6.61 Å². The Morgan fingerprint density at radius 2 is 1.84 bits per heavy atom. The Morgan fingerprint density at radius 1 is 1.16 bits per heavy atom. The topological polar surface area (TPSA) is 49.7 Å². The first-order chi connectivity index (χ1) is 9.08. The minimum Gasteiger partial charge on any atom is -0.486 e. The molecule has 0 aliphatic carbocycles. The second-order valence-electron chi connectivity index (χ2n) is 3.96. The Kier molecular flexibility index (Phi) is 4.78. The molecular weight excluding hydrogens is 361 g/mol. The molecule has 19 heavy (non-hydrogen) atoms. The standard InChI is InChI=1S/C13H11BFIO3/c15-13-11(14(17)18)6-10(16)7-12(13)19-8-9-4-2-1-3-5-9/h1-7,17-18H,8H2. The predicted octanol–water partition coefficient (Wildman–Crippen LogP) is 1.69. The molecule has 0 atom stereocenters. The third-order valence-electron chi connectivity index (χ3n) is 2.55. The maximum absolute atomic E-state index is 14.0. The highest BCUT2D eigenvalue weighted by atomic mass is 127. The van der Waals surface area contributed by atoms with E-state index >= 15 is 0 Å². The van der Waals surface area contributed by atoms with Gasteiger partial charge in [-0.1, -0.05) is 30.3 Å². The van der Waals surface area contributed by atoms with Crippen LogP contribution in [0.4, 0.5) is 4.39 Å². The maximum atomic E-state index is 14.0. The maximum Gasteiger partial charge on any atom is 0.491 e. The van der Waals surface area contributed by atoms with Gasteiger partial charge in [-0.3, -0.25) is 0 Å². The van der Waals surface area contributed by atoms with Crippen LogP contribution in [0.15, 0.2) is 42.5 Å². The summed E-state index contributed by atoms with van der Waals surface area (Å²) in [5, 5.41) is 18.2. The van der Waals surface area contributed by atoms with Crippen LogP contribution in [0, 0.1) is 9.39 Å². The van der Waals surface area contributed by atoms with E-state index in [0.717, 1.165) is 5.56 Å². The molecule has 0 amide bonds. The average Bonchev–Trinajstić information content (AvgIpc) is 2.40. The number of ether oxygens (including phenoxy) is 1. The van der Waals surface area contributed by atoms with Gasteiger partial charge in [0.1, 0.15) is 6.61 Å². The summed E-state index contributed by atoms with van der Waals surface area (Å²) in [5.41, 5.74) is 0.724. The molecule has 0 aliphatic heterocycles. The van der Waals surface area contributed by atoms with Gasteiger partial charge in [-0.2, -0.15) is 0 Å². The molecule has 0 radical (unpaired) electrons. The predicted molar refractivity (Wildman–Crippen MR) is 79.7 cm³/mol. The molecule has 0 fully saturated rings. The molecule has 0 aliphatic rings. The van der Waals surface area contributed by atoms with E-state index in [1.807, 2.05) is 52.9 Å². The van der Waals surface area contributed by atoms with E-state index in [9.17, 15) is 4.39 Å². The molecule has 2 aromatic rings. The van der Waals surface area contributed by atoms with Crippen LogP contribution >= 0.6 is 22.6 Å². The monoisotopic (exact) mass is 372 g/mol. The summed E-state index contributed by atoms with van der Waals surface area (Å²) in [4.78, 5) is 0. The van der Waals surface area contributed by atoms with Gasteiger partial charge in [-0.25, -0.2) is 4.39 Å². The van der Waals surface area contributed by atoms with E-state index in [1.165, 1.54) is 12.1 Å².